The Hall–Kier alpha value is -6.21. The zero-order valence-corrected chi connectivity index (χ0v) is 34.3. The number of rotatable bonds is 18. The fourth-order valence-electron chi connectivity index (χ4n) is 7.16. The number of piperazine rings is 1. The molecule has 0 aliphatic carbocycles. The van der Waals surface area contributed by atoms with E-state index in [-0.39, 0.29) is 36.8 Å². The lowest BCUT2D eigenvalue weighted by Crippen LogP contribution is -2.47. The van der Waals surface area contributed by atoms with E-state index in [4.69, 9.17) is 14.2 Å². The van der Waals surface area contributed by atoms with Crippen LogP contribution in [0.5, 0.6) is 17.2 Å². The minimum absolute atomic E-state index is 0.215. The Bertz CT molecular complexity index is 2130. The molecule has 0 atom stereocenters. The summed E-state index contributed by atoms with van der Waals surface area (Å²) in [4.78, 5) is 72.3. The third kappa shape index (κ3) is 10.5. The van der Waals surface area contributed by atoms with Gasteiger partial charge in [0.05, 0.1) is 48.4 Å². The summed E-state index contributed by atoms with van der Waals surface area (Å²) >= 11 is 0. The standard InChI is InChI=1S/C46H53N5O8/c1-32-19-22-38(41(30-32)59-28-12-5-6-18-42(52)50-26-24-48(2)25-27-50)49(3)44(54)33-20-21-37(40(31-33)57-4)47-43(53)36-16-9-10-17-39(36)58-29-13-11-23-51-45(55)34-14-7-8-15-35(34)46(51)56/h7-10,14-17,19-22,30-31H,5-6,11-13,18,23-29H2,1-4H3,(H,47,53). The number of hydrogen-bond donors (Lipinski definition) is 1. The van der Waals surface area contributed by atoms with Crippen molar-refractivity contribution in [2.75, 3.05) is 77.4 Å². The van der Waals surface area contributed by atoms with Gasteiger partial charge in [0.25, 0.3) is 23.6 Å². The number of carbonyl (C=O) groups is 5. The molecule has 5 amide bonds. The molecule has 1 saturated heterocycles. The van der Waals surface area contributed by atoms with E-state index in [0.717, 1.165) is 51.0 Å². The molecule has 310 valence electrons. The van der Waals surface area contributed by atoms with E-state index in [1.54, 1.807) is 73.8 Å². The molecular weight excluding hydrogens is 751 g/mol. The fraction of sp³-hybridized carbons (Fsp3) is 0.370. The number of nitrogens with zero attached hydrogens (tertiary/aromatic N) is 4. The van der Waals surface area contributed by atoms with E-state index in [2.05, 4.69) is 17.3 Å². The van der Waals surface area contributed by atoms with E-state index in [9.17, 15) is 24.0 Å². The van der Waals surface area contributed by atoms with Crippen molar-refractivity contribution >= 4 is 40.9 Å². The topological polar surface area (TPSA) is 138 Å². The average molecular weight is 804 g/mol. The number of likely N-dealkylation sites (N-methyl/N-ethyl adjacent to an activating group) is 1. The van der Waals surface area contributed by atoms with Crippen LogP contribution in [0.25, 0.3) is 0 Å². The molecule has 0 unspecified atom stereocenters. The monoisotopic (exact) mass is 803 g/mol. The molecule has 59 heavy (non-hydrogen) atoms. The molecule has 2 heterocycles. The molecule has 1 N–H and O–H groups in total. The van der Waals surface area contributed by atoms with Crippen molar-refractivity contribution < 1.29 is 38.2 Å². The van der Waals surface area contributed by atoms with E-state index < -0.39 is 5.91 Å². The van der Waals surface area contributed by atoms with Gasteiger partial charge in [-0.25, -0.2) is 0 Å². The SMILES string of the molecule is COc1cc(C(=O)N(C)c2ccc(C)cc2OCCCCCC(=O)N2CCN(C)CC2)ccc1NC(=O)c1ccccc1OCCCCN1C(=O)c2ccccc2C1=O. The van der Waals surface area contributed by atoms with Crippen LogP contribution in [0, 0.1) is 6.92 Å². The molecule has 0 aromatic heterocycles. The van der Waals surface area contributed by atoms with Gasteiger partial charge in [-0.3, -0.25) is 28.9 Å². The van der Waals surface area contributed by atoms with Gasteiger partial charge in [-0.05, 0) is 106 Å². The maximum atomic E-state index is 13.8. The van der Waals surface area contributed by atoms with Crippen LogP contribution in [-0.2, 0) is 4.79 Å². The molecule has 0 spiro atoms. The molecule has 13 nitrogen and oxygen atoms in total. The van der Waals surface area contributed by atoms with Gasteiger partial charge in [0, 0.05) is 51.8 Å². The fourth-order valence-corrected chi connectivity index (χ4v) is 7.16. The molecule has 4 aromatic rings. The average Bonchev–Trinajstić information content (AvgIpc) is 3.49. The van der Waals surface area contributed by atoms with Gasteiger partial charge in [-0.1, -0.05) is 30.3 Å². The summed E-state index contributed by atoms with van der Waals surface area (Å²) in [5.41, 5.74) is 3.48. The second-order valence-electron chi connectivity index (χ2n) is 14.9. The number of unbranched alkanes of at least 4 members (excludes halogenated alkanes) is 3. The molecule has 13 heteroatoms. The Labute approximate surface area is 345 Å². The number of methoxy groups -OCH3 is 1. The van der Waals surface area contributed by atoms with Gasteiger partial charge in [0.1, 0.15) is 17.2 Å². The molecule has 4 aromatic carbocycles. The van der Waals surface area contributed by atoms with Gasteiger partial charge in [-0.2, -0.15) is 0 Å². The Morgan fingerprint density at radius 1 is 0.729 bits per heavy atom. The number of anilines is 2. The van der Waals surface area contributed by atoms with Gasteiger partial charge in [0.15, 0.2) is 0 Å². The van der Waals surface area contributed by atoms with Gasteiger partial charge < -0.3 is 34.2 Å². The molecule has 2 aliphatic rings. The molecule has 0 bridgehead atoms. The minimum Gasteiger partial charge on any atom is -0.495 e. The van der Waals surface area contributed by atoms with Crippen molar-refractivity contribution in [3.05, 3.63) is 113 Å². The smallest absolute Gasteiger partial charge is 0.261 e. The maximum Gasteiger partial charge on any atom is 0.261 e. The number of imide groups is 1. The van der Waals surface area contributed by atoms with Gasteiger partial charge in [-0.15, -0.1) is 0 Å². The van der Waals surface area contributed by atoms with Crippen LogP contribution < -0.4 is 24.4 Å². The third-order valence-corrected chi connectivity index (χ3v) is 10.7. The molecule has 6 rings (SSSR count). The Morgan fingerprint density at radius 2 is 1.39 bits per heavy atom. The van der Waals surface area contributed by atoms with E-state index in [1.807, 2.05) is 30.0 Å². The van der Waals surface area contributed by atoms with Gasteiger partial charge >= 0.3 is 0 Å². The number of aryl methyl sites for hydroxylation is 1. The Morgan fingerprint density at radius 3 is 2.10 bits per heavy atom. The van der Waals surface area contributed by atoms with Crippen LogP contribution >= 0.6 is 0 Å². The van der Waals surface area contributed by atoms with Crippen molar-refractivity contribution in [2.24, 2.45) is 0 Å². The lowest BCUT2D eigenvalue weighted by molar-refractivity contribution is -0.132. The largest absolute Gasteiger partial charge is 0.495 e. The summed E-state index contributed by atoms with van der Waals surface area (Å²) in [5.74, 6) is 0.194. The summed E-state index contributed by atoms with van der Waals surface area (Å²) in [7, 11) is 5.23. The van der Waals surface area contributed by atoms with Crippen molar-refractivity contribution in [1.29, 1.82) is 0 Å². The summed E-state index contributed by atoms with van der Waals surface area (Å²) in [5, 5.41) is 2.89. The maximum absolute atomic E-state index is 13.8. The zero-order valence-electron chi connectivity index (χ0n) is 34.3. The van der Waals surface area contributed by atoms with E-state index in [0.29, 0.717) is 76.7 Å². The molecule has 0 radical (unpaired) electrons. The van der Waals surface area contributed by atoms with Crippen LogP contribution in [0.1, 0.15) is 85.5 Å². The van der Waals surface area contributed by atoms with Crippen LogP contribution in [0.4, 0.5) is 11.4 Å². The highest BCUT2D eigenvalue weighted by atomic mass is 16.5. The number of benzene rings is 4. The number of para-hydroxylation sites is 1. The van der Waals surface area contributed by atoms with Crippen LogP contribution in [-0.4, -0.2) is 111 Å². The predicted octanol–water partition coefficient (Wildman–Crippen LogP) is 6.70. The first kappa shape index (κ1) is 42.4. The number of amides is 5. The van der Waals surface area contributed by atoms with Crippen LogP contribution in [0.2, 0.25) is 0 Å². The predicted molar refractivity (Wildman–Crippen MR) is 226 cm³/mol. The summed E-state index contributed by atoms with van der Waals surface area (Å²) < 4.78 is 17.8. The van der Waals surface area contributed by atoms with Crippen LogP contribution in [0.3, 0.4) is 0 Å². The van der Waals surface area contributed by atoms with Crippen LogP contribution in [0.15, 0.2) is 84.9 Å². The highest BCUT2D eigenvalue weighted by molar-refractivity contribution is 6.21. The second kappa shape index (κ2) is 20.0. The van der Waals surface area contributed by atoms with E-state index >= 15 is 0 Å². The first-order chi connectivity index (χ1) is 28.5. The highest BCUT2D eigenvalue weighted by Crippen LogP contribution is 2.33. The summed E-state index contributed by atoms with van der Waals surface area (Å²) in [6.07, 6.45) is 4.08. The third-order valence-electron chi connectivity index (χ3n) is 10.7. The number of nitrogens with one attached hydrogen (secondary N) is 1. The van der Waals surface area contributed by atoms with Crippen molar-refractivity contribution in [1.82, 2.24) is 14.7 Å². The van der Waals surface area contributed by atoms with Crippen molar-refractivity contribution in [3.63, 3.8) is 0 Å². The number of carbonyl (C=O) groups excluding carboxylic acids is 5. The highest BCUT2D eigenvalue weighted by Gasteiger charge is 2.34. The molecule has 1 fully saturated rings. The molecule has 0 saturated carbocycles. The zero-order chi connectivity index (χ0) is 41.9. The number of ether oxygens (including phenoxy) is 3. The summed E-state index contributed by atoms with van der Waals surface area (Å²) in [6, 6.07) is 24.2. The molecule has 2 aliphatic heterocycles. The minimum atomic E-state index is -0.427. The van der Waals surface area contributed by atoms with Crippen molar-refractivity contribution in [3.8, 4) is 17.2 Å². The number of hydrogen-bond acceptors (Lipinski definition) is 9. The Balaban J connectivity index is 0.998. The Kier molecular flexibility index (Phi) is 14.4. The van der Waals surface area contributed by atoms with Gasteiger partial charge in [0.2, 0.25) is 5.91 Å². The first-order valence-electron chi connectivity index (χ1n) is 20.2. The normalized spacial score (nSPS) is 13.9. The summed E-state index contributed by atoms with van der Waals surface area (Å²) in [6.45, 7) is 6.37. The first-order valence-corrected chi connectivity index (χ1v) is 20.2. The second-order valence-corrected chi connectivity index (χ2v) is 14.9. The lowest BCUT2D eigenvalue weighted by atomic mass is 10.1. The van der Waals surface area contributed by atoms with E-state index in [1.165, 1.54) is 16.9 Å². The number of fused-ring (bicyclic) bond motifs is 1. The van der Waals surface area contributed by atoms with Crippen molar-refractivity contribution in [2.45, 2.75) is 45.4 Å². The molecular formula is C46H53N5O8. The quantitative estimate of drug-likeness (QED) is 0.0861. The lowest BCUT2D eigenvalue weighted by Gasteiger charge is -2.32.